The molecule has 0 unspecified atom stereocenters. The van der Waals surface area contributed by atoms with E-state index in [0.29, 0.717) is 53.3 Å². The Bertz CT molecular complexity index is 3070. The first-order valence-corrected chi connectivity index (χ1v) is 32.9. The van der Waals surface area contributed by atoms with E-state index >= 15 is 0 Å². The monoisotopic (exact) mass is 1250 g/mol. The van der Waals surface area contributed by atoms with Crippen molar-refractivity contribution in [3.05, 3.63) is 242 Å². The number of nitrogens with zero attached hydrogens (tertiary/aromatic N) is 13. The molecule has 0 aromatic carbocycles. The molecule has 0 radical (unpaired) electrons. The van der Waals surface area contributed by atoms with Gasteiger partial charge in [0.1, 0.15) is 17.5 Å². The lowest BCUT2D eigenvalue weighted by molar-refractivity contribution is 0.758. The van der Waals surface area contributed by atoms with Gasteiger partial charge in [-0.2, -0.15) is 0 Å². The number of aromatic nitrogens is 13. The lowest BCUT2D eigenvalue weighted by Gasteiger charge is -2.06. The van der Waals surface area contributed by atoms with Gasteiger partial charge in [0.2, 0.25) is 0 Å². The van der Waals surface area contributed by atoms with E-state index < -0.39 is 0 Å². The molecule has 13 heteroatoms. The summed E-state index contributed by atoms with van der Waals surface area (Å²) in [4.78, 5) is 55.0. The van der Waals surface area contributed by atoms with Crippen molar-refractivity contribution in [1.29, 1.82) is 0 Å². The Labute approximate surface area is 558 Å². The Hall–Kier alpha value is -7.93. The van der Waals surface area contributed by atoms with Crippen molar-refractivity contribution in [3.8, 4) is 0 Å². The molecule has 0 spiro atoms. The summed E-state index contributed by atoms with van der Waals surface area (Å²) in [5.41, 5.74) is 19.7. The molecular weight excluding hydrogens is 1130 g/mol. The first-order valence-electron chi connectivity index (χ1n) is 32.9. The third kappa shape index (κ3) is 35.6. The zero-order valence-corrected chi connectivity index (χ0v) is 62.1. The predicted octanol–water partition coefficient (Wildman–Crippen LogP) is 20.8. The van der Waals surface area contributed by atoms with Gasteiger partial charge < -0.3 is 0 Å². The van der Waals surface area contributed by atoms with Crippen molar-refractivity contribution in [2.45, 2.75) is 254 Å². The van der Waals surface area contributed by atoms with E-state index in [4.69, 9.17) is 0 Å². The molecular formula is C79H117N13. The van der Waals surface area contributed by atoms with E-state index in [0.717, 1.165) is 57.3 Å². The van der Waals surface area contributed by atoms with E-state index in [9.17, 15) is 0 Å². The third-order valence-corrected chi connectivity index (χ3v) is 13.8. The molecule has 9 heterocycles. The quantitative estimate of drug-likeness (QED) is 0.134. The molecule has 0 bridgehead atoms. The molecule has 0 atom stereocenters. The molecule has 0 N–H and O–H groups in total. The fourth-order valence-electron chi connectivity index (χ4n) is 7.52. The molecule has 9 aromatic rings. The van der Waals surface area contributed by atoms with Crippen molar-refractivity contribution in [2.75, 3.05) is 0 Å². The van der Waals surface area contributed by atoms with Gasteiger partial charge >= 0.3 is 0 Å². The number of aryl methyl sites for hydroxylation is 11. The minimum absolute atomic E-state index is 0.425. The summed E-state index contributed by atoms with van der Waals surface area (Å²) < 4.78 is 0. The lowest BCUT2D eigenvalue weighted by atomic mass is 10.1. The van der Waals surface area contributed by atoms with Crippen molar-refractivity contribution in [3.63, 3.8) is 0 Å². The summed E-state index contributed by atoms with van der Waals surface area (Å²) in [6.07, 6.45) is 16.9. The summed E-state index contributed by atoms with van der Waals surface area (Å²) >= 11 is 0. The van der Waals surface area contributed by atoms with Crippen LogP contribution in [0.3, 0.4) is 0 Å². The molecule has 0 saturated carbocycles. The van der Waals surface area contributed by atoms with Crippen LogP contribution in [0.4, 0.5) is 0 Å². The van der Waals surface area contributed by atoms with E-state index in [1.165, 1.54) is 56.2 Å². The number of pyridine rings is 5. The Kier molecular flexibility index (Phi) is 39.0. The van der Waals surface area contributed by atoms with Gasteiger partial charge in [0.05, 0.1) is 11.4 Å². The maximum Gasteiger partial charge on any atom is 0.131 e. The fourth-order valence-corrected chi connectivity index (χ4v) is 7.52. The SMILES string of the molecule is Cc1cc(C)nc(C(C)C)n1.Cc1ccc(C(C)C)cn1.Cc1ccc(C(C)C)nc1.Cc1cccc(C(C)C)n1.Cc1ccnc(C(C)C)c1.Cc1ccnc(C(C)C)n1.Cc1cnc(C(C)C)cc1C.Cc1cnc(C(C)C)cn1.Cc1ncc(C(C)C)cn1. The van der Waals surface area contributed by atoms with Gasteiger partial charge in [-0.3, -0.25) is 34.9 Å². The number of hydrogen-bond acceptors (Lipinski definition) is 13. The average Bonchev–Trinajstić information content (AvgIpc) is 3.70. The van der Waals surface area contributed by atoms with E-state index in [1.807, 2.05) is 116 Å². The summed E-state index contributed by atoms with van der Waals surface area (Å²) in [5.74, 6) is 7.33. The van der Waals surface area contributed by atoms with Crippen LogP contribution in [-0.2, 0) is 0 Å². The molecule has 498 valence electrons. The largest absolute Gasteiger partial charge is 0.261 e. The van der Waals surface area contributed by atoms with Crippen molar-refractivity contribution in [1.82, 2.24) is 64.8 Å². The summed E-state index contributed by atoms with van der Waals surface area (Å²) in [6.45, 7) is 60.7. The molecule has 0 fully saturated rings. The highest BCUT2D eigenvalue weighted by molar-refractivity contribution is 5.25. The topological polar surface area (TPSA) is 168 Å². The first kappa shape index (κ1) is 82.1. The Morgan fingerprint density at radius 1 is 0.239 bits per heavy atom. The molecule has 92 heavy (non-hydrogen) atoms. The molecule has 0 amide bonds. The fraction of sp³-hybridized carbons (Fsp3) is 0.481. The highest BCUT2D eigenvalue weighted by atomic mass is 14.9. The molecule has 13 nitrogen and oxygen atoms in total. The molecule has 0 aliphatic heterocycles. The minimum Gasteiger partial charge on any atom is -0.261 e. The summed E-state index contributed by atoms with van der Waals surface area (Å²) in [5, 5.41) is 0. The van der Waals surface area contributed by atoms with Crippen LogP contribution in [0.1, 0.15) is 291 Å². The van der Waals surface area contributed by atoms with E-state index in [1.54, 1.807) is 12.4 Å². The van der Waals surface area contributed by atoms with Crippen molar-refractivity contribution >= 4 is 0 Å². The smallest absolute Gasteiger partial charge is 0.131 e. The summed E-state index contributed by atoms with van der Waals surface area (Å²) in [7, 11) is 0. The zero-order chi connectivity index (χ0) is 69.8. The van der Waals surface area contributed by atoms with Crippen LogP contribution < -0.4 is 0 Å². The minimum atomic E-state index is 0.425. The Balaban J connectivity index is 0.000000518. The van der Waals surface area contributed by atoms with Gasteiger partial charge in [-0.25, -0.2) is 29.9 Å². The predicted molar refractivity (Wildman–Crippen MR) is 388 cm³/mol. The van der Waals surface area contributed by atoms with Crippen LogP contribution in [0, 0.1) is 76.2 Å². The first-order chi connectivity index (χ1) is 43.1. The highest BCUT2D eigenvalue weighted by Gasteiger charge is 2.06. The van der Waals surface area contributed by atoms with E-state index in [-0.39, 0.29) is 0 Å². The molecule has 0 aliphatic rings. The Morgan fingerprint density at radius 2 is 0.728 bits per heavy atom. The van der Waals surface area contributed by atoms with Gasteiger partial charge in [0.15, 0.2) is 0 Å². The highest BCUT2D eigenvalue weighted by Crippen LogP contribution is 2.17. The maximum absolute atomic E-state index is 4.37. The van der Waals surface area contributed by atoms with Crippen LogP contribution in [0.2, 0.25) is 0 Å². The van der Waals surface area contributed by atoms with Gasteiger partial charge in [-0.05, 0) is 206 Å². The van der Waals surface area contributed by atoms with Crippen LogP contribution >= 0.6 is 0 Å². The standard InChI is InChI=1S/C10H15N.C9H14N2.4C9H13N.3C8H12N2/c1-7(2)10-5-8(3)9(4)6-11-10;1-6(2)9-10-7(3)5-8(4)11-9;1-7(2)9-5-4-8(3)10-6-9;1-7(2)9-6-8(3)4-5-10-9;1-7(2)9-5-4-8(3)6-10-9;1-7(2)9-6-4-5-8(3)10-9;1-6(2)8-4-9-7(3)10-5-8;1-6(2)8-5-9-7(3)4-10-8;1-6(2)8-9-5-4-7(3)10-8/h5-7H,1-4H3;5-6H,1-4H3;4*4-7H,1-3H3;3*4-6H,1-3H3. The number of rotatable bonds is 9. The number of hydrogen-bond donors (Lipinski definition) is 0. The second-order valence-corrected chi connectivity index (χ2v) is 26.3. The van der Waals surface area contributed by atoms with Gasteiger partial charge in [-0.15, -0.1) is 0 Å². The van der Waals surface area contributed by atoms with Crippen LogP contribution in [0.15, 0.2) is 129 Å². The van der Waals surface area contributed by atoms with Gasteiger partial charge in [-0.1, -0.05) is 143 Å². The van der Waals surface area contributed by atoms with E-state index in [2.05, 4.69) is 266 Å². The van der Waals surface area contributed by atoms with Gasteiger partial charge in [0.25, 0.3) is 0 Å². The van der Waals surface area contributed by atoms with Crippen molar-refractivity contribution in [2.24, 2.45) is 0 Å². The normalized spacial score (nSPS) is 10.5. The maximum atomic E-state index is 4.37. The third-order valence-electron chi connectivity index (χ3n) is 13.8. The molecule has 0 saturated heterocycles. The van der Waals surface area contributed by atoms with Gasteiger partial charge in [0, 0.05) is 119 Å². The van der Waals surface area contributed by atoms with Crippen LogP contribution in [-0.4, -0.2) is 64.8 Å². The van der Waals surface area contributed by atoms with Crippen LogP contribution in [0.5, 0.6) is 0 Å². The lowest BCUT2D eigenvalue weighted by Crippen LogP contribution is -2.00. The zero-order valence-electron chi connectivity index (χ0n) is 62.1. The summed E-state index contributed by atoms with van der Waals surface area (Å²) in [6, 6.07) is 24.7. The van der Waals surface area contributed by atoms with Crippen LogP contribution in [0.25, 0.3) is 0 Å². The Morgan fingerprint density at radius 3 is 1.13 bits per heavy atom. The second kappa shape index (κ2) is 43.8. The van der Waals surface area contributed by atoms with Crippen molar-refractivity contribution < 1.29 is 0 Å². The molecule has 0 aliphatic carbocycles. The molecule has 9 aromatic heterocycles. The second-order valence-electron chi connectivity index (χ2n) is 26.3. The molecule has 9 rings (SSSR count). The average molecular weight is 1250 g/mol.